The molecule has 1 aliphatic heterocycles. The van der Waals surface area contributed by atoms with E-state index in [0.29, 0.717) is 37.6 Å². The van der Waals surface area contributed by atoms with E-state index in [9.17, 15) is 40.7 Å². The van der Waals surface area contributed by atoms with Gasteiger partial charge in [-0.2, -0.15) is 26.3 Å². The van der Waals surface area contributed by atoms with Crippen LogP contribution >= 0.6 is 0 Å². The molecule has 5 nitrogen and oxygen atoms in total. The highest BCUT2D eigenvalue weighted by Gasteiger charge is 2.43. The normalized spacial score (nSPS) is 17.6. The lowest BCUT2D eigenvalue weighted by molar-refractivity contribution is -0.144. The Morgan fingerprint density at radius 2 is 1.66 bits per heavy atom. The number of carbonyl (C=O) groups is 3. The predicted molar refractivity (Wildman–Crippen MR) is 86.7 cm³/mol. The van der Waals surface area contributed by atoms with Gasteiger partial charge in [0.05, 0.1) is 29.2 Å². The molecular formula is C18H17F6NO4. The zero-order valence-electron chi connectivity index (χ0n) is 15.0. The fraction of sp³-hybridized carbons (Fsp3) is 0.500. The zero-order chi connectivity index (χ0) is 21.8. The number of hydrogen-bond acceptors (Lipinski definition) is 4. The van der Waals surface area contributed by atoms with Gasteiger partial charge in [-0.15, -0.1) is 0 Å². The summed E-state index contributed by atoms with van der Waals surface area (Å²) in [5.41, 5.74) is -5.13. The van der Waals surface area contributed by atoms with Gasteiger partial charge >= 0.3 is 18.3 Å². The first-order chi connectivity index (χ1) is 13.4. The molecule has 1 aromatic carbocycles. The van der Waals surface area contributed by atoms with Crippen molar-refractivity contribution in [2.45, 2.75) is 38.0 Å². The second kappa shape index (κ2) is 8.83. The molecule has 1 saturated heterocycles. The van der Waals surface area contributed by atoms with E-state index in [2.05, 4.69) is 10.1 Å². The fourth-order valence-corrected chi connectivity index (χ4v) is 2.98. The maximum absolute atomic E-state index is 13.1. The van der Waals surface area contributed by atoms with Crippen LogP contribution in [-0.2, 0) is 26.7 Å². The summed E-state index contributed by atoms with van der Waals surface area (Å²) in [6.07, 6.45) is -9.74. The van der Waals surface area contributed by atoms with Crippen molar-refractivity contribution in [1.29, 1.82) is 0 Å². The maximum atomic E-state index is 13.1. The number of ether oxygens (including phenoxy) is 1. The maximum Gasteiger partial charge on any atom is 0.417 e. The van der Waals surface area contributed by atoms with Crippen molar-refractivity contribution in [3.8, 4) is 0 Å². The van der Waals surface area contributed by atoms with Crippen molar-refractivity contribution in [2.24, 2.45) is 5.92 Å². The molecular weight excluding hydrogens is 408 g/mol. The summed E-state index contributed by atoms with van der Waals surface area (Å²) in [6.45, 7) is -0.108. The molecule has 2 rings (SSSR count). The number of rotatable bonds is 6. The Hall–Kier alpha value is -2.59. The molecule has 1 aliphatic rings. The van der Waals surface area contributed by atoms with Crippen molar-refractivity contribution in [2.75, 3.05) is 13.2 Å². The molecule has 0 spiro atoms. The number of Topliss-reactive ketones (excluding diaryl/α,β-unsaturated/α-hetero) is 1. The van der Waals surface area contributed by atoms with Crippen LogP contribution in [0.3, 0.4) is 0 Å². The Labute approximate surface area is 161 Å². The second-order valence-electron chi connectivity index (χ2n) is 6.42. The molecule has 1 aromatic rings. The van der Waals surface area contributed by atoms with Crippen LogP contribution in [0, 0.1) is 5.92 Å². The van der Waals surface area contributed by atoms with E-state index in [0.717, 1.165) is 0 Å². The van der Waals surface area contributed by atoms with Gasteiger partial charge in [-0.05, 0) is 31.4 Å². The van der Waals surface area contributed by atoms with E-state index in [1.807, 2.05) is 0 Å². The van der Waals surface area contributed by atoms with Gasteiger partial charge in [0.25, 0.3) is 0 Å². The SMILES string of the molecule is O=C(OCCCC(=O)[C@@H]1CCCNC1=O)c1c(C(F)(F)F)cccc1C(F)(F)F. The standard InChI is InChI=1S/C18H17F6NO4/c19-17(20,21)11-5-1-6-12(18(22,23)24)14(11)16(28)29-9-3-7-13(26)10-4-2-8-25-15(10)27/h1,5-6,10H,2-4,7-9H2,(H,25,27)/t10-/m0/s1. The average molecular weight is 425 g/mol. The molecule has 0 saturated carbocycles. The van der Waals surface area contributed by atoms with E-state index in [-0.39, 0.29) is 12.8 Å². The summed E-state index contributed by atoms with van der Waals surface area (Å²) < 4.78 is 82.9. The number of ketones is 1. The Kier molecular flexibility index (Phi) is 6.91. The van der Waals surface area contributed by atoms with Crippen LogP contribution in [0.1, 0.15) is 47.2 Å². The van der Waals surface area contributed by atoms with Crippen molar-refractivity contribution in [3.05, 3.63) is 34.9 Å². The molecule has 0 aliphatic carbocycles. The Bertz CT molecular complexity index is 755. The van der Waals surface area contributed by atoms with Gasteiger partial charge in [0.15, 0.2) is 0 Å². The number of carbonyl (C=O) groups excluding carboxylic acids is 3. The summed E-state index contributed by atoms with van der Waals surface area (Å²) in [5.74, 6) is -3.48. The lowest BCUT2D eigenvalue weighted by atomic mass is 9.92. The molecule has 160 valence electrons. The molecule has 1 atom stereocenters. The van der Waals surface area contributed by atoms with Gasteiger partial charge in [0, 0.05) is 13.0 Å². The molecule has 0 bridgehead atoms. The number of benzene rings is 1. The van der Waals surface area contributed by atoms with Crippen LogP contribution in [0.5, 0.6) is 0 Å². The Balaban J connectivity index is 2.05. The van der Waals surface area contributed by atoms with Gasteiger partial charge in [0.1, 0.15) is 5.78 Å². The lowest BCUT2D eigenvalue weighted by Gasteiger charge is -2.20. The van der Waals surface area contributed by atoms with E-state index in [1.165, 1.54) is 0 Å². The van der Waals surface area contributed by atoms with Gasteiger partial charge in [-0.1, -0.05) is 6.07 Å². The van der Waals surface area contributed by atoms with E-state index in [1.54, 1.807) is 0 Å². The summed E-state index contributed by atoms with van der Waals surface area (Å²) in [5, 5.41) is 2.53. The Morgan fingerprint density at radius 3 is 2.17 bits per heavy atom. The summed E-state index contributed by atoms with van der Waals surface area (Å²) in [4.78, 5) is 35.6. The predicted octanol–water partition coefficient (Wildman–Crippen LogP) is 3.76. The Morgan fingerprint density at radius 1 is 1.07 bits per heavy atom. The van der Waals surface area contributed by atoms with Crippen molar-refractivity contribution in [3.63, 3.8) is 0 Å². The van der Waals surface area contributed by atoms with E-state index < -0.39 is 59.2 Å². The van der Waals surface area contributed by atoms with E-state index >= 15 is 0 Å². The van der Waals surface area contributed by atoms with Crippen molar-refractivity contribution < 1.29 is 45.5 Å². The van der Waals surface area contributed by atoms with Crippen LogP contribution in [0.2, 0.25) is 0 Å². The van der Waals surface area contributed by atoms with Gasteiger partial charge in [-0.3, -0.25) is 9.59 Å². The molecule has 1 heterocycles. The first-order valence-electron chi connectivity index (χ1n) is 8.68. The van der Waals surface area contributed by atoms with Gasteiger partial charge in [-0.25, -0.2) is 4.79 Å². The second-order valence-corrected chi connectivity index (χ2v) is 6.42. The number of esters is 1. The first-order valence-corrected chi connectivity index (χ1v) is 8.68. The van der Waals surface area contributed by atoms with E-state index in [4.69, 9.17) is 0 Å². The van der Waals surface area contributed by atoms with Gasteiger partial charge < -0.3 is 10.1 Å². The van der Waals surface area contributed by atoms with Crippen molar-refractivity contribution >= 4 is 17.7 Å². The number of amides is 1. The number of piperidine rings is 1. The number of hydrogen-bond donors (Lipinski definition) is 1. The molecule has 0 radical (unpaired) electrons. The van der Waals surface area contributed by atoms with Crippen LogP contribution < -0.4 is 5.32 Å². The van der Waals surface area contributed by atoms with Crippen LogP contribution in [0.15, 0.2) is 18.2 Å². The summed E-state index contributed by atoms with van der Waals surface area (Å²) in [6, 6.07) is 1.27. The topological polar surface area (TPSA) is 72.5 Å². The molecule has 0 unspecified atom stereocenters. The van der Waals surface area contributed by atoms with Crippen LogP contribution in [-0.4, -0.2) is 30.8 Å². The smallest absolute Gasteiger partial charge is 0.417 e. The number of alkyl halides is 6. The highest BCUT2D eigenvalue weighted by Crippen LogP contribution is 2.39. The summed E-state index contributed by atoms with van der Waals surface area (Å²) in [7, 11) is 0. The third-order valence-corrected chi connectivity index (χ3v) is 4.35. The molecule has 11 heteroatoms. The molecule has 29 heavy (non-hydrogen) atoms. The zero-order valence-corrected chi connectivity index (χ0v) is 15.0. The molecule has 1 amide bonds. The minimum absolute atomic E-state index is 0.135. The third-order valence-electron chi connectivity index (χ3n) is 4.35. The molecule has 1 N–H and O–H groups in total. The quantitative estimate of drug-likeness (QED) is 0.326. The number of halogens is 6. The minimum atomic E-state index is -5.19. The number of nitrogens with one attached hydrogen (secondary N) is 1. The summed E-state index contributed by atoms with van der Waals surface area (Å²) >= 11 is 0. The minimum Gasteiger partial charge on any atom is -0.462 e. The molecule has 0 aromatic heterocycles. The highest BCUT2D eigenvalue weighted by atomic mass is 19.4. The largest absolute Gasteiger partial charge is 0.462 e. The van der Waals surface area contributed by atoms with Crippen LogP contribution in [0.4, 0.5) is 26.3 Å². The molecule has 1 fully saturated rings. The average Bonchev–Trinajstić information content (AvgIpc) is 2.63. The van der Waals surface area contributed by atoms with Crippen molar-refractivity contribution in [1.82, 2.24) is 5.32 Å². The van der Waals surface area contributed by atoms with Gasteiger partial charge in [0.2, 0.25) is 5.91 Å². The lowest BCUT2D eigenvalue weighted by Crippen LogP contribution is -2.40. The van der Waals surface area contributed by atoms with Crippen LogP contribution in [0.25, 0.3) is 0 Å². The highest BCUT2D eigenvalue weighted by molar-refractivity contribution is 6.01. The third kappa shape index (κ3) is 5.70. The fourth-order valence-electron chi connectivity index (χ4n) is 2.98. The monoisotopic (exact) mass is 425 g/mol. The first kappa shape index (κ1) is 22.7.